The molecule has 0 saturated carbocycles. The molecular formula is C23H19FN4O3. The van der Waals surface area contributed by atoms with Crippen LogP contribution < -0.4 is 9.64 Å². The van der Waals surface area contributed by atoms with Gasteiger partial charge in [0.05, 0.1) is 24.1 Å². The number of aryl methyl sites for hydroxylation is 1. The lowest BCUT2D eigenvalue weighted by atomic mass is 10.0. The van der Waals surface area contributed by atoms with Crippen LogP contribution in [-0.2, 0) is 4.79 Å². The van der Waals surface area contributed by atoms with E-state index in [1.165, 1.54) is 31.3 Å². The average Bonchev–Trinajstić information content (AvgIpc) is 3.18. The molecule has 4 aromatic rings. The Morgan fingerprint density at radius 3 is 2.65 bits per heavy atom. The number of hydrogen-bond acceptors (Lipinski definition) is 6. The zero-order valence-electron chi connectivity index (χ0n) is 17.2. The third-order valence-electron chi connectivity index (χ3n) is 4.72. The Balaban J connectivity index is 1.97. The number of nitrogens with zero attached hydrogens (tertiary/aromatic N) is 4. The van der Waals surface area contributed by atoms with Crippen LogP contribution in [0.1, 0.15) is 12.5 Å². The van der Waals surface area contributed by atoms with Gasteiger partial charge in [-0.05, 0) is 42.8 Å². The molecular weight excluding hydrogens is 399 g/mol. The fourth-order valence-electron chi connectivity index (χ4n) is 3.31. The summed E-state index contributed by atoms with van der Waals surface area (Å²) in [4.78, 5) is 22.3. The van der Waals surface area contributed by atoms with Gasteiger partial charge in [-0.3, -0.25) is 4.79 Å². The van der Waals surface area contributed by atoms with Crippen molar-refractivity contribution >= 4 is 17.5 Å². The number of aromatic nitrogens is 3. The van der Waals surface area contributed by atoms with E-state index in [1.807, 2.05) is 25.1 Å². The lowest BCUT2D eigenvalue weighted by Crippen LogP contribution is -2.23. The highest BCUT2D eigenvalue weighted by Gasteiger charge is 2.29. The first-order chi connectivity index (χ1) is 15.0. The molecule has 2 aromatic heterocycles. The number of halogens is 1. The van der Waals surface area contributed by atoms with Gasteiger partial charge in [-0.25, -0.2) is 19.3 Å². The van der Waals surface area contributed by atoms with Gasteiger partial charge in [0.1, 0.15) is 23.6 Å². The Labute approximate surface area is 178 Å². The van der Waals surface area contributed by atoms with Crippen LogP contribution in [0.3, 0.4) is 0 Å². The number of anilines is 2. The maximum Gasteiger partial charge on any atom is 0.248 e. The second-order valence-electron chi connectivity index (χ2n) is 6.85. The summed E-state index contributed by atoms with van der Waals surface area (Å²) in [6.45, 7) is 3.34. The highest BCUT2D eigenvalue weighted by atomic mass is 19.1. The molecule has 0 radical (unpaired) electrons. The van der Waals surface area contributed by atoms with Crippen LogP contribution in [0.25, 0.3) is 22.5 Å². The highest BCUT2D eigenvalue weighted by Crippen LogP contribution is 2.42. The van der Waals surface area contributed by atoms with E-state index in [-0.39, 0.29) is 23.0 Å². The van der Waals surface area contributed by atoms with Crippen LogP contribution in [0.5, 0.6) is 5.75 Å². The van der Waals surface area contributed by atoms with E-state index >= 15 is 0 Å². The van der Waals surface area contributed by atoms with Crippen LogP contribution in [-0.4, -0.2) is 28.1 Å². The van der Waals surface area contributed by atoms with E-state index < -0.39 is 5.82 Å². The second kappa shape index (κ2) is 8.35. The number of ether oxygens (including phenoxy) is 1. The fourth-order valence-corrected chi connectivity index (χ4v) is 3.31. The van der Waals surface area contributed by atoms with Gasteiger partial charge >= 0.3 is 0 Å². The lowest BCUT2D eigenvalue weighted by Gasteiger charge is -2.19. The summed E-state index contributed by atoms with van der Waals surface area (Å²) in [5, 5.41) is 4.12. The molecule has 0 aliphatic rings. The minimum Gasteiger partial charge on any atom is -0.497 e. The van der Waals surface area contributed by atoms with Crippen molar-refractivity contribution < 1.29 is 18.4 Å². The van der Waals surface area contributed by atoms with Crippen molar-refractivity contribution in [2.24, 2.45) is 0 Å². The zero-order chi connectivity index (χ0) is 22.0. The standard InChI is InChI=1S/C23H19FN4O3/c1-14-5-4-6-16(11-14)28(15(2)29)23-21(20-9-10-25-13-26-20)22(27-31-23)18-8-7-17(30-3)12-19(18)24/h4-13H,1-3H3. The van der Waals surface area contributed by atoms with E-state index in [2.05, 4.69) is 15.1 Å². The number of carbonyl (C=O) groups is 1. The molecule has 4 rings (SSSR count). The summed E-state index contributed by atoms with van der Waals surface area (Å²) in [6, 6.07) is 13.5. The molecule has 2 heterocycles. The van der Waals surface area contributed by atoms with Gasteiger partial charge in [-0.2, -0.15) is 0 Å². The minimum absolute atomic E-state index is 0.141. The van der Waals surface area contributed by atoms with Crippen LogP contribution in [0.15, 0.2) is 65.6 Å². The second-order valence-corrected chi connectivity index (χ2v) is 6.85. The molecule has 8 heteroatoms. The molecule has 0 N–H and O–H groups in total. The van der Waals surface area contributed by atoms with Gasteiger partial charge in [-0.1, -0.05) is 17.3 Å². The monoisotopic (exact) mass is 418 g/mol. The number of benzene rings is 2. The lowest BCUT2D eigenvalue weighted by molar-refractivity contribution is -0.116. The Hall–Kier alpha value is -4.07. The minimum atomic E-state index is -0.542. The Kier molecular flexibility index (Phi) is 5.44. The molecule has 0 spiro atoms. The number of amides is 1. The first-order valence-corrected chi connectivity index (χ1v) is 9.47. The van der Waals surface area contributed by atoms with Gasteiger partial charge in [-0.15, -0.1) is 0 Å². The van der Waals surface area contributed by atoms with Gasteiger partial charge in [0, 0.05) is 24.8 Å². The molecule has 0 atom stereocenters. The van der Waals surface area contributed by atoms with Crippen LogP contribution in [0.4, 0.5) is 16.0 Å². The van der Waals surface area contributed by atoms with Gasteiger partial charge in [0.25, 0.3) is 0 Å². The van der Waals surface area contributed by atoms with E-state index in [0.29, 0.717) is 22.7 Å². The maximum absolute atomic E-state index is 14.9. The molecule has 0 aliphatic heterocycles. The van der Waals surface area contributed by atoms with Crippen LogP contribution in [0, 0.1) is 12.7 Å². The van der Waals surface area contributed by atoms with Crippen molar-refractivity contribution in [3.63, 3.8) is 0 Å². The van der Waals surface area contributed by atoms with Crippen molar-refractivity contribution in [1.29, 1.82) is 0 Å². The summed E-state index contributed by atoms with van der Waals surface area (Å²) < 4.78 is 25.6. The molecule has 0 fully saturated rings. The predicted octanol–water partition coefficient (Wildman–Crippen LogP) is 4.94. The normalized spacial score (nSPS) is 10.7. The molecule has 7 nitrogen and oxygen atoms in total. The van der Waals surface area contributed by atoms with Crippen LogP contribution >= 0.6 is 0 Å². The molecule has 0 unspecified atom stereocenters. The molecule has 0 aliphatic carbocycles. The predicted molar refractivity (Wildman–Crippen MR) is 113 cm³/mol. The maximum atomic E-state index is 14.9. The van der Waals surface area contributed by atoms with Crippen molar-refractivity contribution in [3.8, 4) is 28.3 Å². The van der Waals surface area contributed by atoms with Gasteiger partial charge in [0.15, 0.2) is 0 Å². The van der Waals surface area contributed by atoms with Crippen molar-refractivity contribution in [1.82, 2.24) is 15.1 Å². The van der Waals surface area contributed by atoms with E-state index in [9.17, 15) is 9.18 Å². The van der Waals surface area contributed by atoms with Gasteiger partial charge in [0.2, 0.25) is 11.8 Å². The van der Waals surface area contributed by atoms with Crippen molar-refractivity contribution in [2.45, 2.75) is 13.8 Å². The third kappa shape index (κ3) is 3.87. The summed E-state index contributed by atoms with van der Waals surface area (Å²) in [5.74, 6) is -0.320. The SMILES string of the molecule is COc1ccc(-c2noc(N(C(C)=O)c3cccc(C)c3)c2-c2ccncn2)c(F)c1. The summed E-state index contributed by atoms with van der Waals surface area (Å²) >= 11 is 0. The smallest absolute Gasteiger partial charge is 0.248 e. The van der Waals surface area contributed by atoms with E-state index in [0.717, 1.165) is 5.56 Å². The molecule has 1 amide bonds. The molecule has 0 bridgehead atoms. The summed E-state index contributed by atoms with van der Waals surface area (Å²) in [6.07, 6.45) is 2.92. The third-order valence-corrected chi connectivity index (χ3v) is 4.72. The fraction of sp³-hybridized carbons (Fsp3) is 0.130. The topological polar surface area (TPSA) is 81.4 Å². The highest BCUT2D eigenvalue weighted by molar-refractivity contribution is 6.03. The quantitative estimate of drug-likeness (QED) is 0.457. The Morgan fingerprint density at radius 1 is 1.16 bits per heavy atom. The number of rotatable bonds is 5. The molecule has 0 saturated heterocycles. The number of carbonyl (C=O) groups excluding carboxylic acids is 1. The Bertz CT molecular complexity index is 1240. The van der Waals surface area contributed by atoms with E-state index in [4.69, 9.17) is 9.26 Å². The number of hydrogen-bond donors (Lipinski definition) is 0. The first-order valence-electron chi connectivity index (χ1n) is 9.47. The largest absolute Gasteiger partial charge is 0.497 e. The van der Waals surface area contributed by atoms with Crippen LogP contribution in [0.2, 0.25) is 0 Å². The zero-order valence-corrected chi connectivity index (χ0v) is 17.2. The van der Waals surface area contributed by atoms with Crippen molar-refractivity contribution in [3.05, 3.63) is 72.4 Å². The Morgan fingerprint density at radius 2 is 2.00 bits per heavy atom. The average molecular weight is 418 g/mol. The molecule has 156 valence electrons. The molecule has 2 aromatic carbocycles. The first kappa shape index (κ1) is 20.2. The summed E-state index contributed by atoms with van der Waals surface area (Å²) in [5.41, 5.74) is 2.79. The van der Waals surface area contributed by atoms with E-state index in [1.54, 1.807) is 30.5 Å². The summed E-state index contributed by atoms with van der Waals surface area (Å²) in [7, 11) is 1.46. The van der Waals surface area contributed by atoms with Gasteiger partial charge < -0.3 is 9.26 Å². The van der Waals surface area contributed by atoms with Crippen molar-refractivity contribution in [2.75, 3.05) is 12.0 Å². The molecule has 31 heavy (non-hydrogen) atoms. The number of methoxy groups -OCH3 is 1.